The molecule has 0 N–H and O–H groups in total. The summed E-state index contributed by atoms with van der Waals surface area (Å²) in [7, 11) is 0. The molecule has 166 valence electrons. The smallest absolute Gasteiger partial charge is 0.219 e. The molecule has 1 aromatic carbocycles. The Morgan fingerprint density at radius 3 is 2.74 bits per heavy atom. The molecule has 0 saturated heterocycles. The summed E-state index contributed by atoms with van der Waals surface area (Å²) >= 11 is 7.03. The molecule has 3 saturated carbocycles. The maximum Gasteiger partial charge on any atom is 0.219 e. The first-order valence-corrected chi connectivity index (χ1v) is 13.0. The molecular formula is C27H33ClO2S. The minimum absolute atomic E-state index is 0.125. The van der Waals surface area contributed by atoms with Crippen molar-refractivity contribution in [1.82, 2.24) is 0 Å². The molecule has 0 heterocycles. The van der Waals surface area contributed by atoms with Crippen LogP contribution in [-0.2, 0) is 15.6 Å². The Morgan fingerprint density at radius 2 is 1.94 bits per heavy atom. The summed E-state index contributed by atoms with van der Waals surface area (Å²) in [5.41, 5.74) is 3.10. The molecule has 1 aromatic rings. The molecule has 4 aliphatic carbocycles. The van der Waals surface area contributed by atoms with Gasteiger partial charge in [0.2, 0.25) is 5.12 Å². The molecule has 31 heavy (non-hydrogen) atoms. The van der Waals surface area contributed by atoms with Crippen LogP contribution in [0.2, 0.25) is 5.02 Å². The number of fused-ring (bicyclic) bond motifs is 5. The van der Waals surface area contributed by atoms with Crippen LogP contribution in [0.4, 0.5) is 0 Å². The number of hydrogen-bond donors (Lipinski definition) is 0. The van der Waals surface area contributed by atoms with Crippen molar-refractivity contribution in [2.45, 2.75) is 65.4 Å². The lowest BCUT2D eigenvalue weighted by molar-refractivity contribution is -0.121. The highest BCUT2D eigenvalue weighted by atomic mass is 35.5. The average molecular weight is 457 g/mol. The summed E-state index contributed by atoms with van der Waals surface area (Å²) < 4.78 is 5.76. The molecule has 0 radical (unpaired) electrons. The molecule has 0 spiro atoms. The van der Waals surface area contributed by atoms with Crippen molar-refractivity contribution in [2.75, 3.05) is 0 Å². The number of carbonyl (C=O) groups excluding carboxylic acids is 1. The zero-order chi connectivity index (χ0) is 21.6. The first kappa shape index (κ1) is 21.8. The van der Waals surface area contributed by atoms with Gasteiger partial charge in [0.05, 0.1) is 18.6 Å². The first-order chi connectivity index (χ1) is 14.9. The predicted octanol–water partition coefficient (Wildman–Crippen LogP) is 7.78. The third kappa shape index (κ3) is 3.75. The molecule has 4 aliphatic rings. The second-order valence-corrected chi connectivity index (χ2v) is 11.8. The van der Waals surface area contributed by atoms with E-state index >= 15 is 0 Å². The Hall–Kier alpha value is -1.03. The number of carbonyl (C=O) groups is 1. The van der Waals surface area contributed by atoms with E-state index in [1.807, 2.05) is 24.3 Å². The highest BCUT2D eigenvalue weighted by Gasteiger charge is 2.59. The van der Waals surface area contributed by atoms with E-state index < -0.39 is 0 Å². The zero-order valence-corrected chi connectivity index (χ0v) is 20.2. The van der Waals surface area contributed by atoms with E-state index in [-0.39, 0.29) is 21.9 Å². The van der Waals surface area contributed by atoms with E-state index in [1.165, 1.54) is 32.1 Å². The van der Waals surface area contributed by atoms with Crippen molar-refractivity contribution in [3.8, 4) is 0 Å². The number of hydrogen-bond acceptors (Lipinski definition) is 3. The largest absolute Gasteiger partial charge is 0.303 e. The van der Waals surface area contributed by atoms with Crippen LogP contribution in [0.3, 0.4) is 0 Å². The Labute approximate surface area is 196 Å². The van der Waals surface area contributed by atoms with Crippen molar-refractivity contribution in [3.63, 3.8) is 0 Å². The minimum atomic E-state index is 0.125. The van der Waals surface area contributed by atoms with Crippen molar-refractivity contribution in [3.05, 3.63) is 58.7 Å². The summed E-state index contributed by atoms with van der Waals surface area (Å²) in [6, 6.07) is 7.63. The van der Waals surface area contributed by atoms with Crippen LogP contribution in [0.25, 0.3) is 0 Å². The SMILES string of the molecule is C[C@]12CC[C@H]3[C@@H](CCC4=CCC=C[C@@]43C)[C@@H]1CC[C@@H]2C(=O)SOCc1ccc(Cl)cc1. The van der Waals surface area contributed by atoms with Gasteiger partial charge in [-0.05, 0) is 85.8 Å². The van der Waals surface area contributed by atoms with Crippen LogP contribution in [0.1, 0.15) is 64.4 Å². The molecule has 0 aliphatic heterocycles. The Morgan fingerprint density at radius 1 is 1.13 bits per heavy atom. The maximum absolute atomic E-state index is 13.2. The van der Waals surface area contributed by atoms with Crippen molar-refractivity contribution < 1.29 is 8.98 Å². The molecule has 0 bridgehead atoms. The van der Waals surface area contributed by atoms with Crippen molar-refractivity contribution in [2.24, 2.45) is 34.5 Å². The van der Waals surface area contributed by atoms with Gasteiger partial charge >= 0.3 is 0 Å². The molecule has 5 rings (SSSR count). The Balaban J connectivity index is 1.25. The van der Waals surface area contributed by atoms with E-state index in [9.17, 15) is 4.79 Å². The van der Waals surface area contributed by atoms with Gasteiger partial charge in [-0.15, -0.1) is 0 Å². The van der Waals surface area contributed by atoms with Crippen LogP contribution >= 0.6 is 23.6 Å². The van der Waals surface area contributed by atoms with E-state index in [0.717, 1.165) is 47.3 Å². The zero-order valence-electron chi connectivity index (χ0n) is 18.6. The topological polar surface area (TPSA) is 26.3 Å². The van der Waals surface area contributed by atoms with Gasteiger partial charge in [-0.2, -0.15) is 0 Å². The molecule has 0 unspecified atom stereocenters. The molecule has 6 atom stereocenters. The number of rotatable bonds is 4. The van der Waals surface area contributed by atoms with Crippen LogP contribution in [0, 0.1) is 34.5 Å². The monoisotopic (exact) mass is 456 g/mol. The van der Waals surface area contributed by atoms with E-state index in [4.69, 9.17) is 15.8 Å². The van der Waals surface area contributed by atoms with Crippen molar-refractivity contribution in [1.29, 1.82) is 0 Å². The molecule has 0 aromatic heterocycles. The van der Waals surface area contributed by atoms with E-state index in [1.54, 1.807) is 5.57 Å². The molecule has 0 amide bonds. The van der Waals surface area contributed by atoms with Gasteiger partial charge in [0.25, 0.3) is 0 Å². The molecule has 3 fully saturated rings. The van der Waals surface area contributed by atoms with Crippen LogP contribution in [0.15, 0.2) is 48.1 Å². The number of benzene rings is 1. The third-order valence-corrected chi connectivity index (χ3v) is 10.1. The Bertz CT molecular complexity index is 906. The predicted molar refractivity (Wildman–Crippen MR) is 129 cm³/mol. The van der Waals surface area contributed by atoms with Gasteiger partial charge in [0.15, 0.2) is 0 Å². The normalized spacial score (nSPS) is 38.7. The number of halogens is 1. The summed E-state index contributed by atoms with van der Waals surface area (Å²) in [5, 5.41) is 0.952. The van der Waals surface area contributed by atoms with Gasteiger partial charge in [0, 0.05) is 16.4 Å². The van der Waals surface area contributed by atoms with Gasteiger partial charge in [-0.3, -0.25) is 4.79 Å². The highest BCUT2D eigenvalue weighted by molar-refractivity contribution is 8.09. The highest BCUT2D eigenvalue weighted by Crippen LogP contribution is 2.66. The average Bonchev–Trinajstić information content (AvgIpc) is 3.12. The minimum Gasteiger partial charge on any atom is -0.303 e. The summed E-state index contributed by atoms with van der Waals surface area (Å²) in [6.45, 7) is 5.32. The van der Waals surface area contributed by atoms with Crippen LogP contribution < -0.4 is 0 Å². The fourth-order valence-electron chi connectivity index (χ4n) is 7.52. The van der Waals surface area contributed by atoms with Gasteiger partial charge < -0.3 is 4.18 Å². The second-order valence-electron chi connectivity index (χ2n) is 10.5. The third-order valence-electron chi connectivity index (χ3n) is 9.18. The summed E-state index contributed by atoms with van der Waals surface area (Å²) in [6.07, 6.45) is 15.7. The van der Waals surface area contributed by atoms with Crippen LogP contribution in [-0.4, -0.2) is 5.12 Å². The van der Waals surface area contributed by atoms with Crippen molar-refractivity contribution >= 4 is 28.8 Å². The second kappa shape index (κ2) is 8.39. The van der Waals surface area contributed by atoms with Gasteiger partial charge in [0.1, 0.15) is 0 Å². The molecule has 2 nitrogen and oxygen atoms in total. The van der Waals surface area contributed by atoms with E-state index in [0.29, 0.717) is 12.5 Å². The van der Waals surface area contributed by atoms with E-state index in [2.05, 4.69) is 32.1 Å². The Kier molecular flexibility index (Phi) is 5.90. The fraction of sp³-hybridized carbons (Fsp3) is 0.593. The van der Waals surface area contributed by atoms with Crippen LogP contribution in [0.5, 0.6) is 0 Å². The maximum atomic E-state index is 13.2. The molecule has 4 heteroatoms. The number of allylic oxidation sites excluding steroid dienone is 4. The summed E-state index contributed by atoms with van der Waals surface area (Å²) in [4.78, 5) is 13.2. The lowest BCUT2D eigenvalue weighted by Crippen LogP contribution is -2.49. The van der Waals surface area contributed by atoms with Gasteiger partial charge in [-0.25, -0.2) is 0 Å². The van der Waals surface area contributed by atoms with Gasteiger partial charge in [-0.1, -0.05) is 61.4 Å². The lowest BCUT2D eigenvalue weighted by Gasteiger charge is -2.57. The summed E-state index contributed by atoms with van der Waals surface area (Å²) in [5.74, 6) is 2.29. The first-order valence-electron chi connectivity index (χ1n) is 11.9. The lowest BCUT2D eigenvalue weighted by atomic mass is 9.48. The molecular weight excluding hydrogens is 424 g/mol. The standard InChI is InChI=1S/C27H33ClO2S/c1-26-15-4-3-5-19(26)8-11-21-22-12-13-24(27(22,2)16-14-23(21)26)25(29)31-30-17-18-6-9-20(28)10-7-18/h4-7,9-10,15,21-24H,3,8,11-14,16-17H2,1-2H3/t21-,22-,23-,24+,26-,27-/m0/s1. The quantitative estimate of drug-likeness (QED) is 0.341. The fourth-order valence-corrected chi connectivity index (χ4v) is 8.46.